The number of benzene rings is 1. The number of nitrogens with zero attached hydrogens (tertiary/aromatic N) is 2. The molecule has 4 N–H and O–H groups in total. The number of phenolic OH excluding ortho intramolecular Hbond substituents is 1. The Balaban J connectivity index is 0.00000450. The fourth-order valence-corrected chi connectivity index (χ4v) is 3.66. The third-order valence-electron chi connectivity index (χ3n) is 5.16. The van der Waals surface area contributed by atoms with Gasteiger partial charge in [0.15, 0.2) is 5.96 Å². The van der Waals surface area contributed by atoms with E-state index in [4.69, 9.17) is 0 Å². The number of guanidine groups is 1. The molecule has 0 spiro atoms. The lowest BCUT2D eigenvalue weighted by molar-refractivity contribution is -0.138. The Hall–Kier alpha value is -2.04. The third kappa shape index (κ3) is 7.03. The zero-order valence-electron chi connectivity index (χ0n) is 18.0. The highest BCUT2D eigenvalue weighted by molar-refractivity contribution is 14.0. The van der Waals surface area contributed by atoms with Gasteiger partial charge in [0, 0.05) is 33.7 Å². The van der Waals surface area contributed by atoms with Crippen LogP contribution in [0.15, 0.2) is 29.3 Å². The minimum Gasteiger partial charge on any atom is -0.507 e. The van der Waals surface area contributed by atoms with Gasteiger partial charge in [0.2, 0.25) is 5.91 Å². The van der Waals surface area contributed by atoms with Crippen LogP contribution in [0.1, 0.15) is 43.0 Å². The van der Waals surface area contributed by atoms with Gasteiger partial charge in [-0.3, -0.25) is 14.6 Å². The van der Waals surface area contributed by atoms with Crippen molar-refractivity contribution in [3.8, 4) is 5.75 Å². The number of hydrogen-bond donors (Lipinski definition) is 4. The predicted octanol–water partition coefficient (Wildman–Crippen LogP) is 1.94. The van der Waals surface area contributed by atoms with Crippen molar-refractivity contribution < 1.29 is 14.7 Å². The van der Waals surface area contributed by atoms with Crippen molar-refractivity contribution in [3.63, 3.8) is 0 Å². The maximum atomic E-state index is 12.7. The molecule has 9 heteroatoms. The molecule has 1 aromatic rings. The Kier molecular flexibility index (Phi) is 10.9. The molecule has 0 atom stereocenters. The predicted molar refractivity (Wildman–Crippen MR) is 129 cm³/mol. The molecule has 0 heterocycles. The first-order valence-electron chi connectivity index (χ1n) is 10.2. The highest BCUT2D eigenvalue weighted by Gasteiger charge is 2.42. The van der Waals surface area contributed by atoms with Crippen LogP contribution in [0.2, 0.25) is 0 Å². The van der Waals surface area contributed by atoms with E-state index < -0.39 is 5.41 Å². The fourth-order valence-electron chi connectivity index (χ4n) is 3.66. The maximum absolute atomic E-state index is 12.7. The molecule has 1 aliphatic carbocycles. The van der Waals surface area contributed by atoms with Crippen molar-refractivity contribution in [3.05, 3.63) is 29.8 Å². The highest BCUT2D eigenvalue weighted by atomic mass is 127. The second kappa shape index (κ2) is 12.6. The lowest BCUT2D eigenvalue weighted by Gasteiger charge is -2.29. The van der Waals surface area contributed by atoms with Crippen LogP contribution in [0.4, 0.5) is 0 Å². The molecule has 1 aliphatic rings. The van der Waals surface area contributed by atoms with Gasteiger partial charge < -0.3 is 26.0 Å². The van der Waals surface area contributed by atoms with Crippen LogP contribution in [0.3, 0.4) is 0 Å². The van der Waals surface area contributed by atoms with Crippen LogP contribution < -0.4 is 16.0 Å². The number of hydrogen-bond acceptors (Lipinski definition) is 4. The number of amides is 2. The Labute approximate surface area is 195 Å². The summed E-state index contributed by atoms with van der Waals surface area (Å²) in [5, 5.41) is 18.9. The molecule has 2 amide bonds. The molecule has 0 unspecified atom stereocenters. The molecule has 1 fully saturated rings. The number of nitrogens with one attached hydrogen (secondary N) is 3. The summed E-state index contributed by atoms with van der Waals surface area (Å²) in [6, 6.07) is 6.44. The second-order valence-corrected chi connectivity index (χ2v) is 7.58. The molecule has 2 rings (SSSR count). The number of para-hydroxylation sites is 1. The number of rotatable bonds is 8. The van der Waals surface area contributed by atoms with Crippen LogP contribution in [-0.4, -0.2) is 68.1 Å². The summed E-state index contributed by atoms with van der Waals surface area (Å²) in [6.45, 7) is 3.97. The molecule has 0 saturated heterocycles. The average molecular weight is 531 g/mol. The van der Waals surface area contributed by atoms with Crippen LogP contribution in [0.5, 0.6) is 5.75 Å². The van der Waals surface area contributed by atoms with Crippen molar-refractivity contribution >= 4 is 41.8 Å². The average Bonchev–Trinajstić information content (AvgIpc) is 3.18. The van der Waals surface area contributed by atoms with E-state index in [0.29, 0.717) is 32.1 Å². The van der Waals surface area contributed by atoms with Gasteiger partial charge in [0.05, 0.1) is 17.5 Å². The van der Waals surface area contributed by atoms with Crippen molar-refractivity contribution in [1.29, 1.82) is 0 Å². The first kappa shape index (κ1) is 26.0. The molecule has 168 valence electrons. The minimum absolute atomic E-state index is 0. The molecule has 0 bridgehead atoms. The molecular weight excluding hydrogens is 497 g/mol. The van der Waals surface area contributed by atoms with Gasteiger partial charge in [-0.2, -0.15) is 0 Å². The van der Waals surface area contributed by atoms with Crippen molar-refractivity contribution in [2.24, 2.45) is 10.4 Å². The molecule has 0 radical (unpaired) electrons. The van der Waals surface area contributed by atoms with Crippen LogP contribution in [-0.2, 0) is 4.79 Å². The van der Waals surface area contributed by atoms with Gasteiger partial charge in [-0.1, -0.05) is 25.0 Å². The summed E-state index contributed by atoms with van der Waals surface area (Å²) in [6.07, 6.45) is 3.84. The van der Waals surface area contributed by atoms with Gasteiger partial charge in [-0.05, 0) is 31.9 Å². The topological polar surface area (TPSA) is 106 Å². The van der Waals surface area contributed by atoms with Gasteiger partial charge in [0.1, 0.15) is 5.75 Å². The molecule has 0 aliphatic heterocycles. The van der Waals surface area contributed by atoms with Crippen molar-refractivity contribution in [2.45, 2.75) is 32.6 Å². The SMILES string of the molecule is CCNC(=NCC1(C(=O)N(C)C)CCCC1)NCCNC(=O)c1ccccc1O.I. The largest absolute Gasteiger partial charge is 0.507 e. The Morgan fingerprint density at radius 2 is 1.73 bits per heavy atom. The van der Waals surface area contributed by atoms with Gasteiger partial charge in [0.25, 0.3) is 5.91 Å². The maximum Gasteiger partial charge on any atom is 0.255 e. The van der Waals surface area contributed by atoms with Crippen LogP contribution in [0.25, 0.3) is 0 Å². The van der Waals surface area contributed by atoms with E-state index in [1.165, 1.54) is 6.07 Å². The monoisotopic (exact) mass is 531 g/mol. The number of carbonyl (C=O) groups excluding carboxylic acids is 2. The van der Waals surface area contributed by atoms with Crippen molar-refractivity contribution in [2.75, 3.05) is 40.3 Å². The number of phenols is 1. The zero-order chi connectivity index (χ0) is 21.3. The number of aromatic hydroxyl groups is 1. The van der Waals surface area contributed by atoms with Gasteiger partial charge >= 0.3 is 0 Å². The van der Waals surface area contributed by atoms with Gasteiger partial charge in [-0.25, -0.2) is 0 Å². The van der Waals surface area contributed by atoms with E-state index >= 15 is 0 Å². The summed E-state index contributed by atoms with van der Waals surface area (Å²) in [4.78, 5) is 31.1. The quantitative estimate of drug-likeness (QED) is 0.178. The first-order chi connectivity index (χ1) is 13.9. The smallest absolute Gasteiger partial charge is 0.255 e. The van der Waals surface area contributed by atoms with Crippen molar-refractivity contribution in [1.82, 2.24) is 20.9 Å². The summed E-state index contributed by atoms with van der Waals surface area (Å²) in [5.74, 6) is 0.403. The lowest BCUT2D eigenvalue weighted by atomic mass is 9.85. The van der Waals surface area contributed by atoms with E-state index in [-0.39, 0.29) is 47.1 Å². The number of halogens is 1. The Morgan fingerprint density at radius 3 is 2.33 bits per heavy atom. The highest BCUT2D eigenvalue weighted by Crippen LogP contribution is 2.39. The normalized spacial score (nSPS) is 15.1. The van der Waals surface area contributed by atoms with Crippen LogP contribution >= 0.6 is 24.0 Å². The molecule has 1 saturated carbocycles. The Morgan fingerprint density at radius 1 is 1.10 bits per heavy atom. The molecule has 8 nitrogen and oxygen atoms in total. The minimum atomic E-state index is -0.412. The van der Waals surface area contributed by atoms with Gasteiger partial charge in [-0.15, -0.1) is 24.0 Å². The van der Waals surface area contributed by atoms with E-state index in [2.05, 4.69) is 20.9 Å². The molecule has 1 aromatic carbocycles. The zero-order valence-corrected chi connectivity index (χ0v) is 20.4. The van der Waals surface area contributed by atoms with E-state index in [0.717, 1.165) is 25.7 Å². The number of carbonyl (C=O) groups is 2. The first-order valence-corrected chi connectivity index (χ1v) is 10.2. The van der Waals surface area contributed by atoms with E-state index in [1.807, 2.05) is 6.92 Å². The second-order valence-electron chi connectivity index (χ2n) is 7.58. The Bertz CT molecular complexity index is 733. The summed E-state index contributed by atoms with van der Waals surface area (Å²) in [7, 11) is 3.59. The fraction of sp³-hybridized carbons (Fsp3) is 0.571. The summed E-state index contributed by atoms with van der Waals surface area (Å²) < 4.78 is 0. The summed E-state index contributed by atoms with van der Waals surface area (Å²) >= 11 is 0. The molecule has 0 aromatic heterocycles. The molecular formula is C21H34IN5O3. The summed E-state index contributed by atoms with van der Waals surface area (Å²) in [5.41, 5.74) is -0.163. The molecule has 30 heavy (non-hydrogen) atoms. The number of aliphatic imine (C=N–C) groups is 1. The lowest BCUT2D eigenvalue weighted by Crippen LogP contribution is -2.44. The van der Waals surface area contributed by atoms with E-state index in [9.17, 15) is 14.7 Å². The third-order valence-corrected chi connectivity index (χ3v) is 5.16. The van der Waals surface area contributed by atoms with Crippen LogP contribution in [0, 0.1) is 5.41 Å². The standard InChI is InChI=1S/C21H33N5O3.HI/c1-4-22-20(25-15-21(11-7-8-12-21)19(29)26(2)3)24-14-13-23-18(28)16-9-5-6-10-17(16)27;/h5-6,9-10,27H,4,7-8,11-15H2,1-3H3,(H,23,28)(H2,22,24,25);1H. The van der Waals surface area contributed by atoms with E-state index in [1.54, 1.807) is 37.2 Å².